The first kappa shape index (κ1) is 15.0. The number of likely N-dealkylation sites (tertiary alicyclic amines) is 1. The first-order valence-electron chi connectivity index (χ1n) is 7.62. The van der Waals surface area contributed by atoms with Crippen molar-refractivity contribution >= 4 is 5.97 Å². The summed E-state index contributed by atoms with van der Waals surface area (Å²) in [6.45, 7) is 7.61. The van der Waals surface area contributed by atoms with Gasteiger partial charge in [0.2, 0.25) is 0 Å². The van der Waals surface area contributed by atoms with Crippen LogP contribution in [0.5, 0.6) is 0 Å². The van der Waals surface area contributed by atoms with E-state index in [4.69, 9.17) is 4.74 Å². The van der Waals surface area contributed by atoms with Crippen LogP contribution in [0.3, 0.4) is 0 Å². The van der Waals surface area contributed by atoms with E-state index in [0.29, 0.717) is 18.7 Å². The van der Waals surface area contributed by atoms with Crippen LogP contribution in [0.2, 0.25) is 0 Å². The van der Waals surface area contributed by atoms with E-state index >= 15 is 0 Å². The van der Waals surface area contributed by atoms with E-state index in [9.17, 15) is 4.79 Å². The molecule has 0 bridgehead atoms. The third-order valence-corrected chi connectivity index (χ3v) is 4.36. The Kier molecular flexibility index (Phi) is 5.18. The molecule has 0 saturated carbocycles. The zero-order chi connectivity index (χ0) is 14.5. The molecule has 1 aromatic rings. The van der Waals surface area contributed by atoms with Crippen molar-refractivity contribution in [3.63, 3.8) is 0 Å². The maximum Gasteiger partial charge on any atom is 0.310 e. The van der Waals surface area contributed by atoms with Gasteiger partial charge in [-0.3, -0.25) is 9.69 Å². The summed E-state index contributed by atoms with van der Waals surface area (Å²) in [5, 5.41) is 0. The van der Waals surface area contributed by atoms with Gasteiger partial charge in [0.15, 0.2) is 0 Å². The average Bonchev–Trinajstić information content (AvgIpc) is 2.96. The standard InChI is InChI=1S/C17H25NO2/c1-4-20-17(19)13(2)16-11-8-12-18(16)14(3)15-9-6-5-7-10-15/h5-7,9-10,13-14,16H,4,8,11-12H2,1-3H3/t13-,14+,16+/m0/s1. The van der Waals surface area contributed by atoms with Crippen LogP contribution in [0.25, 0.3) is 0 Å². The molecule has 3 heteroatoms. The number of carbonyl (C=O) groups excluding carboxylic acids is 1. The number of hydrogen-bond donors (Lipinski definition) is 0. The summed E-state index contributed by atoms with van der Waals surface area (Å²) >= 11 is 0. The van der Waals surface area contributed by atoms with Gasteiger partial charge in [-0.2, -0.15) is 0 Å². The van der Waals surface area contributed by atoms with Crippen molar-refractivity contribution in [1.82, 2.24) is 4.90 Å². The number of hydrogen-bond acceptors (Lipinski definition) is 3. The summed E-state index contributed by atoms with van der Waals surface area (Å²) in [7, 11) is 0. The van der Waals surface area contributed by atoms with Gasteiger partial charge >= 0.3 is 5.97 Å². The largest absolute Gasteiger partial charge is 0.466 e. The summed E-state index contributed by atoms with van der Waals surface area (Å²) < 4.78 is 5.18. The van der Waals surface area contributed by atoms with E-state index in [1.807, 2.05) is 19.9 Å². The molecular weight excluding hydrogens is 250 g/mol. The molecule has 1 aliphatic heterocycles. The van der Waals surface area contributed by atoms with Gasteiger partial charge in [0.05, 0.1) is 12.5 Å². The fourth-order valence-corrected chi connectivity index (χ4v) is 3.19. The van der Waals surface area contributed by atoms with Gasteiger partial charge in [-0.1, -0.05) is 37.3 Å². The van der Waals surface area contributed by atoms with Gasteiger partial charge in [-0.25, -0.2) is 0 Å². The number of esters is 1. The summed E-state index contributed by atoms with van der Waals surface area (Å²) in [5.74, 6) is -0.117. The van der Waals surface area contributed by atoms with Crippen LogP contribution < -0.4 is 0 Å². The van der Waals surface area contributed by atoms with E-state index in [-0.39, 0.29) is 11.9 Å². The molecule has 0 aromatic heterocycles. The summed E-state index contributed by atoms with van der Waals surface area (Å²) in [6, 6.07) is 11.2. The molecule has 0 N–H and O–H groups in total. The van der Waals surface area contributed by atoms with Gasteiger partial charge in [0.25, 0.3) is 0 Å². The van der Waals surface area contributed by atoms with Gasteiger partial charge < -0.3 is 4.74 Å². The molecule has 0 spiro atoms. The van der Waals surface area contributed by atoms with Crippen LogP contribution in [0.4, 0.5) is 0 Å². The van der Waals surface area contributed by atoms with E-state index in [2.05, 4.69) is 36.1 Å². The second-order valence-electron chi connectivity index (χ2n) is 5.57. The fourth-order valence-electron chi connectivity index (χ4n) is 3.19. The normalized spacial score (nSPS) is 22.4. The molecule has 1 aliphatic rings. The van der Waals surface area contributed by atoms with Crippen molar-refractivity contribution in [2.75, 3.05) is 13.2 Å². The minimum absolute atomic E-state index is 0.0522. The highest BCUT2D eigenvalue weighted by Gasteiger charge is 2.36. The molecule has 1 heterocycles. The highest BCUT2D eigenvalue weighted by Crippen LogP contribution is 2.33. The molecule has 20 heavy (non-hydrogen) atoms. The molecule has 110 valence electrons. The van der Waals surface area contributed by atoms with Crippen LogP contribution in [-0.4, -0.2) is 30.1 Å². The van der Waals surface area contributed by atoms with Crippen molar-refractivity contribution < 1.29 is 9.53 Å². The molecule has 0 aliphatic carbocycles. The third kappa shape index (κ3) is 3.21. The van der Waals surface area contributed by atoms with Crippen LogP contribution in [0.1, 0.15) is 45.2 Å². The lowest BCUT2D eigenvalue weighted by molar-refractivity contribution is -0.149. The topological polar surface area (TPSA) is 29.5 Å². The van der Waals surface area contributed by atoms with E-state index in [1.54, 1.807) is 0 Å². The number of nitrogens with zero attached hydrogens (tertiary/aromatic N) is 1. The van der Waals surface area contributed by atoms with E-state index in [0.717, 1.165) is 19.4 Å². The average molecular weight is 275 g/mol. The highest BCUT2D eigenvalue weighted by molar-refractivity contribution is 5.72. The highest BCUT2D eigenvalue weighted by atomic mass is 16.5. The Hall–Kier alpha value is -1.35. The van der Waals surface area contributed by atoms with Gasteiger partial charge in [-0.05, 0) is 38.8 Å². The molecular formula is C17H25NO2. The Bertz CT molecular complexity index is 432. The number of rotatable bonds is 5. The maximum absolute atomic E-state index is 12.0. The van der Waals surface area contributed by atoms with Gasteiger partial charge in [-0.15, -0.1) is 0 Å². The molecule has 0 amide bonds. The van der Waals surface area contributed by atoms with Crippen molar-refractivity contribution in [1.29, 1.82) is 0 Å². The lowest BCUT2D eigenvalue weighted by Gasteiger charge is -2.33. The van der Waals surface area contributed by atoms with Gasteiger partial charge in [0.1, 0.15) is 0 Å². The Morgan fingerprint density at radius 2 is 2.05 bits per heavy atom. The number of ether oxygens (including phenoxy) is 1. The molecule has 2 rings (SSSR count). The smallest absolute Gasteiger partial charge is 0.310 e. The molecule has 3 atom stereocenters. The Labute approximate surface area is 121 Å². The van der Waals surface area contributed by atoms with Gasteiger partial charge in [0, 0.05) is 12.1 Å². The Balaban J connectivity index is 2.09. The van der Waals surface area contributed by atoms with Crippen molar-refractivity contribution in [3.8, 4) is 0 Å². The van der Waals surface area contributed by atoms with Crippen molar-refractivity contribution in [2.24, 2.45) is 5.92 Å². The lowest BCUT2D eigenvalue weighted by atomic mass is 9.97. The first-order chi connectivity index (χ1) is 9.65. The summed E-state index contributed by atoms with van der Waals surface area (Å²) in [5.41, 5.74) is 1.32. The van der Waals surface area contributed by atoms with E-state index < -0.39 is 0 Å². The fraction of sp³-hybridized carbons (Fsp3) is 0.588. The Morgan fingerprint density at radius 3 is 2.70 bits per heavy atom. The number of benzene rings is 1. The second-order valence-corrected chi connectivity index (χ2v) is 5.57. The molecule has 1 fully saturated rings. The minimum atomic E-state index is -0.0651. The van der Waals surface area contributed by atoms with Crippen LogP contribution in [-0.2, 0) is 9.53 Å². The van der Waals surface area contributed by atoms with E-state index in [1.165, 1.54) is 5.56 Å². The lowest BCUT2D eigenvalue weighted by Crippen LogP contribution is -2.40. The van der Waals surface area contributed by atoms with Crippen LogP contribution in [0.15, 0.2) is 30.3 Å². The molecule has 1 aromatic carbocycles. The Morgan fingerprint density at radius 1 is 1.35 bits per heavy atom. The van der Waals surface area contributed by atoms with Crippen LogP contribution in [0, 0.1) is 5.92 Å². The second kappa shape index (κ2) is 6.89. The monoisotopic (exact) mass is 275 g/mol. The maximum atomic E-state index is 12.0. The molecule has 0 radical (unpaired) electrons. The molecule has 0 unspecified atom stereocenters. The minimum Gasteiger partial charge on any atom is -0.466 e. The van der Waals surface area contributed by atoms with Crippen molar-refractivity contribution in [3.05, 3.63) is 35.9 Å². The third-order valence-electron chi connectivity index (χ3n) is 4.36. The molecule has 1 saturated heterocycles. The molecule has 3 nitrogen and oxygen atoms in total. The summed E-state index contributed by atoms with van der Waals surface area (Å²) in [4.78, 5) is 14.4. The summed E-state index contributed by atoms with van der Waals surface area (Å²) in [6.07, 6.45) is 2.24. The number of carbonyl (C=O) groups is 1. The zero-order valence-electron chi connectivity index (χ0n) is 12.7. The van der Waals surface area contributed by atoms with Crippen molar-refractivity contribution in [2.45, 2.75) is 45.7 Å². The zero-order valence-corrected chi connectivity index (χ0v) is 12.7. The SMILES string of the molecule is CCOC(=O)[C@@H](C)[C@H]1CCCN1[C@H](C)c1ccccc1. The quantitative estimate of drug-likeness (QED) is 0.771. The first-order valence-corrected chi connectivity index (χ1v) is 7.62. The van der Waals surface area contributed by atoms with Crippen LogP contribution >= 0.6 is 0 Å². The predicted molar refractivity (Wildman–Crippen MR) is 80.4 cm³/mol. The predicted octanol–water partition coefficient (Wildman–Crippen LogP) is 3.41.